The predicted octanol–water partition coefficient (Wildman–Crippen LogP) is 3.65. The van der Waals surface area contributed by atoms with Gasteiger partial charge in [0.1, 0.15) is 0 Å². The van der Waals surface area contributed by atoms with Crippen LogP contribution in [0.15, 0.2) is 59.1 Å². The number of hydrogen-bond donors (Lipinski definition) is 1. The lowest BCUT2D eigenvalue weighted by atomic mass is 9.95. The number of amides is 1. The minimum Gasteiger partial charge on any atom is -0.350 e. The molecule has 0 radical (unpaired) electrons. The summed E-state index contributed by atoms with van der Waals surface area (Å²) in [6, 6.07) is 19.0. The second-order valence-corrected chi connectivity index (χ2v) is 8.89. The lowest BCUT2D eigenvalue weighted by Crippen LogP contribution is -2.46. The minimum absolute atomic E-state index is 0.0337. The van der Waals surface area contributed by atoms with Gasteiger partial charge < -0.3 is 10.2 Å². The van der Waals surface area contributed by atoms with Gasteiger partial charge in [-0.15, -0.1) is 0 Å². The van der Waals surface area contributed by atoms with Gasteiger partial charge in [0.25, 0.3) is 0 Å². The molecule has 0 spiro atoms. The monoisotopic (exact) mass is 452 g/mol. The number of nitriles is 1. The van der Waals surface area contributed by atoms with Crippen LogP contribution in [-0.4, -0.2) is 40.4 Å². The molecule has 2 aromatic rings. The van der Waals surface area contributed by atoms with E-state index in [0.29, 0.717) is 25.7 Å². The van der Waals surface area contributed by atoms with Gasteiger partial charge >= 0.3 is 0 Å². The van der Waals surface area contributed by atoms with Crippen molar-refractivity contribution in [3.8, 4) is 6.19 Å². The van der Waals surface area contributed by atoms with Crippen molar-refractivity contribution in [1.82, 2.24) is 15.1 Å². The van der Waals surface area contributed by atoms with Crippen molar-refractivity contribution in [2.45, 2.75) is 50.5 Å². The zero-order valence-electron chi connectivity index (χ0n) is 16.3. The second kappa shape index (κ2) is 8.98. The van der Waals surface area contributed by atoms with E-state index < -0.39 is 0 Å². The summed E-state index contributed by atoms with van der Waals surface area (Å²) in [5, 5.41) is 12.6. The molecule has 0 aromatic heterocycles. The van der Waals surface area contributed by atoms with Gasteiger partial charge in [-0.3, -0.25) is 9.69 Å². The number of rotatable bonds is 7. The molecule has 29 heavy (non-hydrogen) atoms. The van der Waals surface area contributed by atoms with E-state index in [0.717, 1.165) is 23.7 Å². The summed E-state index contributed by atoms with van der Waals surface area (Å²) in [5.74, 6) is 0.0337. The van der Waals surface area contributed by atoms with Crippen molar-refractivity contribution in [2.24, 2.45) is 0 Å². The molecule has 2 bridgehead atoms. The molecule has 2 aliphatic heterocycles. The van der Waals surface area contributed by atoms with Crippen molar-refractivity contribution in [3.63, 3.8) is 0 Å². The SMILES string of the molecule is N#CN1[C@H]2CC[C@@H]1[C@H](NC(=O)CN(Cc1ccccc1)Cc1cccc(Br)c1)C2. The predicted molar refractivity (Wildman–Crippen MR) is 116 cm³/mol. The van der Waals surface area contributed by atoms with Gasteiger partial charge in [0.05, 0.1) is 18.6 Å². The number of carbonyl (C=O) groups excluding carboxylic acids is 1. The van der Waals surface area contributed by atoms with E-state index in [4.69, 9.17) is 0 Å². The summed E-state index contributed by atoms with van der Waals surface area (Å²) in [5.41, 5.74) is 2.35. The fraction of sp³-hybridized carbons (Fsp3) is 0.391. The van der Waals surface area contributed by atoms with Crippen LogP contribution >= 0.6 is 15.9 Å². The number of benzene rings is 2. The van der Waals surface area contributed by atoms with E-state index in [-0.39, 0.29) is 18.0 Å². The summed E-state index contributed by atoms with van der Waals surface area (Å²) in [6.07, 6.45) is 5.25. The molecule has 2 heterocycles. The standard InChI is InChI=1S/C23H25BrN4O/c24-19-8-4-7-18(11-19)14-27(13-17-5-2-1-3-6-17)15-23(29)26-21-12-20-9-10-22(21)28(20)16-25/h1-8,11,20-22H,9-10,12-15H2,(H,26,29)/t20-,21+,22+/m0/s1. The van der Waals surface area contributed by atoms with Crippen LogP contribution in [-0.2, 0) is 17.9 Å². The van der Waals surface area contributed by atoms with Crippen LogP contribution in [0.2, 0.25) is 0 Å². The number of halogens is 1. The second-order valence-electron chi connectivity index (χ2n) is 7.98. The molecular formula is C23H25BrN4O. The Morgan fingerprint density at radius 1 is 1.14 bits per heavy atom. The third kappa shape index (κ3) is 4.80. The number of carbonyl (C=O) groups is 1. The zero-order chi connectivity index (χ0) is 20.2. The van der Waals surface area contributed by atoms with Crippen LogP contribution in [0, 0.1) is 11.5 Å². The van der Waals surface area contributed by atoms with Crippen molar-refractivity contribution in [2.75, 3.05) is 6.54 Å². The van der Waals surface area contributed by atoms with Crippen LogP contribution in [0.3, 0.4) is 0 Å². The van der Waals surface area contributed by atoms with E-state index >= 15 is 0 Å². The molecule has 0 aliphatic carbocycles. The highest BCUT2D eigenvalue weighted by Crippen LogP contribution is 2.36. The summed E-state index contributed by atoms with van der Waals surface area (Å²) < 4.78 is 1.04. The third-order valence-electron chi connectivity index (χ3n) is 5.91. The van der Waals surface area contributed by atoms with Crippen molar-refractivity contribution >= 4 is 21.8 Å². The maximum absolute atomic E-state index is 12.9. The van der Waals surface area contributed by atoms with Crippen LogP contribution in [0.1, 0.15) is 30.4 Å². The van der Waals surface area contributed by atoms with Crippen LogP contribution in [0.25, 0.3) is 0 Å². The average Bonchev–Trinajstić information content (AvgIpc) is 3.25. The van der Waals surface area contributed by atoms with Crippen molar-refractivity contribution in [1.29, 1.82) is 5.26 Å². The van der Waals surface area contributed by atoms with Crippen LogP contribution in [0.5, 0.6) is 0 Å². The molecular weight excluding hydrogens is 428 g/mol. The van der Waals surface area contributed by atoms with Crippen LogP contribution in [0.4, 0.5) is 0 Å². The zero-order valence-corrected chi connectivity index (χ0v) is 17.9. The van der Waals surface area contributed by atoms with Gasteiger partial charge in [0, 0.05) is 23.6 Å². The maximum atomic E-state index is 12.9. The summed E-state index contributed by atoms with van der Waals surface area (Å²) in [7, 11) is 0. The molecule has 3 atom stereocenters. The molecule has 6 heteroatoms. The number of nitrogens with zero attached hydrogens (tertiary/aromatic N) is 3. The highest BCUT2D eigenvalue weighted by molar-refractivity contribution is 9.10. The smallest absolute Gasteiger partial charge is 0.234 e. The number of hydrogen-bond acceptors (Lipinski definition) is 4. The van der Waals surface area contributed by atoms with E-state index in [2.05, 4.69) is 56.6 Å². The molecule has 1 amide bonds. The largest absolute Gasteiger partial charge is 0.350 e. The lowest BCUT2D eigenvalue weighted by molar-refractivity contribution is -0.123. The van der Waals surface area contributed by atoms with Gasteiger partial charge in [0.15, 0.2) is 6.19 Å². The molecule has 2 saturated heterocycles. The first-order valence-electron chi connectivity index (χ1n) is 10.1. The highest BCUT2D eigenvalue weighted by atomic mass is 79.9. The van der Waals surface area contributed by atoms with Crippen molar-refractivity contribution in [3.05, 3.63) is 70.2 Å². The van der Waals surface area contributed by atoms with Gasteiger partial charge in [-0.1, -0.05) is 58.4 Å². The minimum atomic E-state index is 0.0337. The van der Waals surface area contributed by atoms with Gasteiger partial charge in [-0.05, 0) is 42.5 Å². The molecule has 1 N–H and O–H groups in total. The highest BCUT2D eigenvalue weighted by Gasteiger charge is 2.46. The Morgan fingerprint density at radius 2 is 1.90 bits per heavy atom. The molecule has 2 fully saturated rings. The first-order chi connectivity index (χ1) is 14.1. The fourth-order valence-electron chi connectivity index (χ4n) is 4.66. The maximum Gasteiger partial charge on any atom is 0.234 e. The Bertz CT molecular complexity index is 897. The Morgan fingerprint density at radius 3 is 2.62 bits per heavy atom. The summed E-state index contributed by atoms with van der Waals surface area (Å²) in [6.45, 7) is 1.74. The molecule has 0 unspecified atom stereocenters. The topological polar surface area (TPSA) is 59.4 Å². The molecule has 0 saturated carbocycles. The Balaban J connectivity index is 1.42. The molecule has 2 aliphatic rings. The summed E-state index contributed by atoms with van der Waals surface area (Å²) >= 11 is 3.53. The Hall–Kier alpha value is -2.36. The Labute approximate surface area is 180 Å². The Kier molecular flexibility index (Phi) is 6.17. The average molecular weight is 453 g/mol. The van der Waals surface area contributed by atoms with Gasteiger partial charge in [-0.25, -0.2) is 0 Å². The quantitative estimate of drug-likeness (QED) is 0.651. The first kappa shape index (κ1) is 19.9. The first-order valence-corrected chi connectivity index (χ1v) is 10.9. The van der Waals surface area contributed by atoms with Gasteiger partial charge in [0.2, 0.25) is 5.91 Å². The lowest BCUT2D eigenvalue weighted by Gasteiger charge is -2.26. The normalized spacial score (nSPS) is 22.7. The molecule has 4 rings (SSSR count). The molecule has 5 nitrogen and oxygen atoms in total. The van der Waals surface area contributed by atoms with E-state index in [1.54, 1.807) is 0 Å². The molecule has 2 aromatic carbocycles. The molecule has 150 valence electrons. The van der Waals surface area contributed by atoms with Gasteiger partial charge in [-0.2, -0.15) is 5.26 Å². The van der Waals surface area contributed by atoms with E-state index in [9.17, 15) is 10.1 Å². The summed E-state index contributed by atoms with van der Waals surface area (Å²) in [4.78, 5) is 16.9. The number of nitrogens with one attached hydrogen (secondary N) is 1. The third-order valence-corrected chi connectivity index (χ3v) is 6.40. The van der Waals surface area contributed by atoms with Crippen LogP contribution < -0.4 is 5.32 Å². The fourth-order valence-corrected chi connectivity index (χ4v) is 5.10. The van der Waals surface area contributed by atoms with E-state index in [1.807, 2.05) is 35.2 Å². The number of fused-ring (bicyclic) bond motifs is 2. The van der Waals surface area contributed by atoms with Crippen molar-refractivity contribution < 1.29 is 4.79 Å². The van der Waals surface area contributed by atoms with E-state index in [1.165, 1.54) is 11.1 Å².